The first-order valence-electron chi connectivity index (χ1n) is 9.61. The van der Waals surface area contributed by atoms with Gasteiger partial charge >= 0.3 is 0 Å². The van der Waals surface area contributed by atoms with Crippen molar-refractivity contribution in [3.05, 3.63) is 71.9 Å². The van der Waals surface area contributed by atoms with Gasteiger partial charge in [0.15, 0.2) is 5.84 Å². The summed E-state index contributed by atoms with van der Waals surface area (Å²) >= 11 is 0. The van der Waals surface area contributed by atoms with Crippen LogP contribution in [0.15, 0.2) is 71.4 Å². The Balaban J connectivity index is 2.16. The van der Waals surface area contributed by atoms with Gasteiger partial charge in [0.1, 0.15) is 6.17 Å². The van der Waals surface area contributed by atoms with Crippen molar-refractivity contribution < 1.29 is 0 Å². The summed E-state index contributed by atoms with van der Waals surface area (Å²) in [6.45, 7) is 6.59. The molecule has 1 heterocycles. The van der Waals surface area contributed by atoms with Crippen LogP contribution in [0, 0.1) is 0 Å². The summed E-state index contributed by atoms with van der Waals surface area (Å²) in [5, 5.41) is 0. The molecule has 0 saturated carbocycles. The van der Waals surface area contributed by atoms with Crippen LogP contribution in [0.5, 0.6) is 0 Å². The zero-order valence-corrected chi connectivity index (χ0v) is 16.3. The maximum absolute atomic E-state index is 4.71. The molecule has 3 heteroatoms. The summed E-state index contributed by atoms with van der Waals surface area (Å²) in [4.78, 5) is 9.55. The fourth-order valence-electron chi connectivity index (χ4n) is 3.90. The van der Waals surface area contributed by atoms with Crippen LogP contribution in [-0.4, -0.2) is 19.0 Å². The minimum absolute atomic E-state index is 0.223. The fourth-order valence-corrected chi connectivity index (χ4v) is 3.90. The molecule has 0 amide bonds. The molecule has 1 saturated heterocycles. The molecule has 1 fully saturated rings. The van der Waals surface area contributed by atoms with Crippen molar-refractivity contribution in [2.24, 2.45) is 4.99 Å². The molecular formula is C23H29N3. The van der Waals surface area contributed by atoms with Gasteiger partial charge in [-0.3, -0.25) is 4.99 Å². The Labute approximate surface area is 157 Å². The van der Waals surface area contributed by atoms with Gasteiger partial charge in [0.25, 0.3) is 0 Å². The Morgan fingerprint density at radius 3 is 2.27 bits per heavy atom. The predicted octanol–water partition coefficient (Wildman–Crippen LogP) is 5.63. The number of hydrogen-bond acceptors (Lipinski definition) is 2. The van der Waals surface area contributed by atoms with Crippen LogP contribution in [0.1, 0.15) is 39.2 Å². The Morgan fingerprint density at radius 1 is 0.962 bits per heavy atom. The van der Waals surface area contributed by atoms with Crippen LogP contribution in [0.3, 0.4) is 0 Å². The van der Waals surface area contributed by atoms with Gasteiger partial charge < -0.3 is 9.80 Å². The van der Waals surface area contributed by atoms with Crippen molar-refractivity contribution in [3.8, 4) is 0 Å². The normalized spacial score (nSPS) is 20.4. The number of anilines is 2. The lowest BCUT2D eigenvalue weighted by Crippen LogP contribution is -2.39. The first kappa shape index (κ1) is 18.2. The molecule has 2 aromatic rings. The molecule has 0 aromatic heterocycles. The first-order valence-corrected chi connectivity index (χ1v) is 9.61. The zero-order valence-electron chi connectivity index (χ0n) is 16.3. The molecule has 136 valence electrons. The van der Waals surface area contributed by atoms with Gasteiger partial charge in [-0.25, -0.2) is 0 Å². The van der Waals surface area contributed by atoms with Crippen LogP contribution >= 0.6 is 0 Å². The monoisotopic (exact) mass is 347 g/mol. The van der Waals surface area contributed by atoms with E-state index in [1.165, 1.54) is 22.6 Å². The number of hydrogen-bond donors (Lipinski definition) is 0. The maximum Gasteiger partial charge on any atom is 0.153 e. The zero-order chi connectivity index (χ0) is 18.5. The average Bonchev–Trinajstić information content (AvgIpc) is 3.02. The number of para-hydroxylation sites is 2. The Kier molecular flexibility index (Phi) is 5.77. The minimum atomic E-state index is 0.223. The number of benzene rings is 2. The maximum atomic E-state index is 4.71. The molecule has 26 heavy (non-hydrogen) atoms. The predicted molar refractivity (Wildman–Crippen MR) is 113 cm³/mol. The van der Waals surface area contributed by atoms with E-state index in [2.05, 4.69) is 91.2 Å². The van der Waals surface area contributed by atoms with E-state index in [4.69, 9.17) is 4.99 Å². The molecule has 1 aliphatic heterocycles. The molecule has 3 nitrogen and oxygen atoms in total. The van der Waals surface area contributed by atoms with Crippen molar-refractivity contribution >= 4 is 17.2 Å². The van der Waals surface area contributed by atoms with Crippen LogP contribution in [0.4, 0.5) is 11.4 Å². The molecule has 0 N–H and O–H groups in total. The van der Waals surface area contributed by atoms with E-state index < -0.39 is 0 Å². The standard InChI is InChI=1S/C23H29N3/c1-5-13-18-14-11-12-17-21(18)26-22(7-3)25(19-15-9-8-10-16-19)20(6-2)23(26)24-4/h6,8-12,14-17,22H,5,7,13H2,1-4H3/b20-6+,24-23+. The molecule has 0 spiro atoms. The van der Waals surface area contributed by atoms with Crippen molar-refractivity contribution in [2.45, 2.75) is 46.2 Å². The van der Waals surface area contributed by atoms with Crippen molar-refractivity contribution in [1.29, 1.82) is 0 Å². The third-order valence-corrected chi connectivity index (χ3v) is 4.97. The highest BCUT2D eigenvalue weighted by atomic mass is 15.5. The topological polar surface area (TPSA) is 18.8 Å². The third kappa shape index (κ3) is 3.14. The second-order valence-electron chi connectivity index (χ2n) is 6.56. The van der Waals surface area contributed by atoms with E-state index in [9.17, 15) is 0 Å². The number of aliphatic imine (C=N–C) groups is 1. The van der Waals surface area contributed by atoms with Gasteiger partial charge in [0, 0.05) is 18.4 Å². The summed E-state index contributed by atoms with van der Waals surface area (Å²) in [5.41, 5.74) is 5.06. The lowest BCUT2D eigenvalue weighted by Gasteiger charge is -2.32. The second kappa shape index (κ2) is 8.22. The molecule has 1 atom stereocenters. The minimum Gasteiger partial charge on any atom is -0.317 e. The highest BCUT2D eigenvalue weighted by Gasteiger charge is 2.40. The fraction of sp³-hybridized carbons (Fsp3) is 0.348. The molecule has 1 aliphatic rings. The molecule has 1 unspecified atom stereocenters. The van der Waals surface area contributed by atoms with Crippen molar-refractivity contribution in [2.75, 3.05) is 16.8 Å². The SMILES string of the molecule is C/C=C1\C(=N/C)N(c2ccccc2CCC)C(CC)N1c1ccccc1. The van der Waals surface area contributed by atoms with Crippen molar-refractivity contribution in [3.63, 3.8) is 0 Å². The van der Waals surface area contributed by atoms with Crippen LogP contribution in [0.25, 0.3) is 0 Å². The van der Waals surface area contributed by atoms with Crippen LogP contribution in [0.2, 0.25) is 0 Å². The Bertz CT molecular complexity index is 792. The van der Waals surface area contributed by atoms with Gasteiger partial charge in [0.2, 0.25) is 0 Å². The lowest BCUT2D eigenvalue weighted by atomic mass is 10.1. The van der Waals surface area contributed by atoms with E-state index in [-0.39, 0.29) is 6.17 Å². The quantitative estimate of drug-likeness (QED) is 0.697. The van der Waals surface area contributed by atoms with E-state index in [0.717, 1.165) is 25.1 Å². The summed E-state index contributed by atoms with van der Waals surface area (Å²) in [5.74, 6) is 1.05. The van der Waals surface area contributed by atoms with E-state index in [1.54, 1.807) is 0 Å². The Hall–Kier alpha value is -2.55. The smallest absolute Gasteiger partial charge is 0.153 e. The number of allylic oxidation sites excluding steroid dienone is 1. The largest absolute Gasteiger partial charge is 0.317 e. The van der Waals surface area contributed by atoms with E-state index >= 15 is 0 Å². The van der Waals surface area contributed by atoms with E-state index in [0.29, 0.717) is 0 Å². The third-order valence-electron chi connectivity index (χ3n) is 4.97. The highest BCUT2D eigenvalue weighted by Crippen LogP contribution is 2.38. The van der Waals surface area contributed by atoms with E-state index in [1.807, 2.05) is 7.05 Å². The molecule has 0 bridgehead atoms. The number of amidine groups is 1. The number of aryl methyl sites for hydroxylation is 1. The second-order valence-corrected chi connectivity index (χ2v) is 6.56. The number of nitrogens with zero attached hydrogens (tertiary/aromatic N) is 3. The van der Waals surface area contributed by atoms with Gasteiger partial charge in [0.05, 0.1) is 5.70 Å². The number of rotatable bonds is 5. The first-order chi connectivity index (χ1) is 12.8. The lowest BCUT2D eigenvalue weighted by molar-refractivity contribution is 0.666. The summed E-state index contributed by atoms with van der Waals surface area (Å²) < 4.78 is 0. The van der Waals surface area contributed by atoms with Gasteiger partial charge in [-0.1, -0.05) is 62.7 Å². The molecular weight excluding hydrogens is 318 g/mol. The summed E-state index contributed by atoms with van der Waals surface area (Å²) in [7, 11) is 1.90. The van der Waals surface area contributed by atoms with Gasteiger partial charge in [-0.2, -0.15) is 0 Å². The molecule has 2 aromatic carbocycles. The highest BCUT2D eigenvalue weighted by molar-refractivity contribution is 6.16. The van der Waals surface area contributed by atoms with Crippen molar-refractivity contribution in [1.82, 2.24) is 0 Å². The molecule has 3 rings (SSSR count). The molecule has 0 radical (unpaired) electrons. The van der Waals surface area contributed by atoms with Gasteiger partial charge in [-0.15, -0.1) is 0 Å². The average molecular weight is 348 g/mol. The van der Waals surface area contributed by atoms with Gasteiger partial charge in [-0.05, 0) is 43.5 Å². The summed E-state index contributed by atoms with van der Waals surface area (Å²) in [6, 6.07) is 19.4. The summed E-state index contributed by atoms with van der Waals surface area (Å²) in [6.07, 6.45) is 5.63. The molecule has 0 aliphatic carbocycles. The van der Waals surface area contributed by atoms with Crippen LogP contribution in [-0.2, 0) is 6.42 Å². The van der Waals surface area contributed by atoms with Crippen LogP contribution < -0.4 is 9.80 Å². The Morgan fingerprint density at radius 2 is 1.65 bits per heavy atom.